The molecule has 2 rings (SSSR count). The zero-order chi connectivity index (χ0) is 13.0. The van der Waals surface area contributed by atoms with E-state index in [0.29, 0.717) is 6.04 Å². The second-order valence-electron chi connectivity index (χ2n) is 4.07. The molecule has 1 heterocycles. The molecule has 4 heteroatoms. The fourth-order valence-electron chi connectivity index (χ4n) is 1.91. The summed E-state index contributed by atoms with van der Waals surface area (Å²) in [6.07, 6.45) is 0.951. The van der Waals surface area contributed by atoms with Gasteiger partial charge in [-0.15, -0.1) is 11.3 Å². The summed E-state index contributed by atoms with van der Waals surface area (Å²) in [5, 5.41) is 4.27. The molecule has 0 spiro atoms. The van der Waals surface area contributed by atoms with Crippen molar-refractivity contribution in [3.63, 3.8) is 0 Å². The van der Waals surface area contributed by atoms with Gasteiger partial charge in [0, 0.05) is 22.4 Å². The minimum absolute atomic E-state index is 0.307. The molecule has 1 N–H and O–H groups in total. The van der Waals surface area contributed by atoms with Gasteiger partial charge in [0.25, 0.3) is 0 Å². The molecule has 0 aliphatic heterocycles. The average molecular weight is 300 g/mol. The summed E-state index contributed by atoms with van der Waals surface area (Å²) in [4.78, 5) is 1.29. The molecule has 0 radical (unpaired) electrons. The van der Waals surface area contributed by atoms with Crippen molar-refractivity contribution < 1.29 is 0 Å². The van der Waals surface area contributed by atoms with E-state index in [0.717, 1.165) is 22.3 Å². The van der Waals surface area contributed by atoms with Gasteiger partial charge in [0.05, 0.1) is 4.34 Å². The summed E-state index contributed by atoms with van der Waals surface area (Å²) in [6.45, 7) is 3.05. The zero-order valence-electron chi connectivity index (χ0n) is 10.1. The monoisotopic (exact) mass is 299 g/mol. The van der Waals surface area contributed by atoms with E-state index in [1.807, 2.05) is 18.2 Å². The minimum Gasteiger partial charge on any atom is -0.310 e. The van der Waals surface area contributed by atoms with Crippen LogP contribution in [0.1, 0.15) is 23.4 Å². The molecular formula is C14H15Cl2NS. The van der Waals surface area contributed by atoms with Gasteiger partial charge in [-0.25, -0.2) is 0 Å². The van der Waals surface area contributed by atoms with Crippen molar-refractivity contribution in [2.24, 2.45) is 0 Å². The maximum absolute atomic E-state index is 5.97. The lowest BCUT2D eigenvalue weighted by Crippen LogP contribution is -2.22. The first kappa shape index (κ1) is 13.9. The van der Waals surface area contributed by atoms with Crippen LogP contribution < -0.4 is 5.32 Å². The van der Waals surface area contributed by atoms with E-state index < -0.39 is 0 Å². The number of likely N-dealkylation sites (N-methyl/N-ethyl adjacent to an activating group) is 1. The van der Waals surface area contributed by atoms with Gasteiger partial charge in [-0.1, -0.05) is 42.3 Å². The summed E-state index contributed by atoms with van der Waals surface area (Å²) in [7, 11) is 0. The van der Waals surface area contributed by atoms with E-state index in [1.54, 1.807) is 11.3 Å². The third kappa shape index (κ3) is 3.72. The second-order valence-corrected chi connectivity index (χ2v) is 6.31. The van der Waals surface area contributed by atoms with Crippen LogP contribution in [0.5, 0.6) is 0 Å². The van der Waals surface area contributed by atoms with Crippen molar-refractivity contribution in [2.75, 3.05) is 6.54 Å². The topological polar surface area (TPSA) is 12.0 Å². The van der Waals surface area contributed by atoms with Crippen molar-refractivity contribution in [2.45, 2.75) is 19.4 Å². The van der Waals surface area contributed by atoms with Gasteiger partial charge in [0.1, 0.15) is 0 Å². The van der Waals surface area contributed by atoms with Crippen LogP contribution in [-0.2, 0) is 6.42 Å². The molecule has 0 aliphatic rings. The first-order valence-corrected chi connectivity index (χ1v) is 7.49. The Kier molecular flexibility index (Phi) is 5.07. The summed E-state index contributed by atoms with van der Waals surface area (Å²) in [5.41, 5.74) is 1.26. The van der Waals surface area contributed by atoms with Crippen molar-refractivity contribution in [1.29, 1.82) is 0 Å². The molecule has 0 fully saturated rings. The molecule has 1 unspecified atom stereocenters. The lowest BCUT2D eigenvalue weighted by atomic mass is 10.0. The van der Waals surface area contributed by atoms with Crippen LogP contribution in [0.4, 0.5) is 0 Å². The Balaban J connectivity index is 2.14. The standard InChI is InChI=1S/C14H15Cl2NS/c1-2-17-13(9-12-7-8-14(16)18-12)10-3-5-11(15)6-4-10/h3-8,13,17H,2,9H2,1H3. The molecule has 1 atom stereocenters. The average Bonchev–Trinajstić information content (AvgIpc) is 2.75. The largest absolute Gasteiger partial charge is 0.310 e. The Morgan fingerprint density at radius 2 is 1.83 bits per heavy atom. The van der Waals surface area contributed by atoms with Gasteiger partial charge < -0.3 is 5.32 Å². The summed E-state index contributed by atoms with van der Waals surface area (Å²) in [5.74, 6) is 0. The molecule has 18 heavy (non-hydrogen) atoms. The lowest BCUT2D eigenvalue weighted by Gasteiger charge is -2.17. The third-order valence-electron chi connectivity index (χ3n) is 2.76. The third-order valence-corrected chi connectivity index (χ3v) is 4.26. The number of thiophene rings is 1. The predicted molar refractivity (Wildman–Crippen MR) is 80.9 cm³/mol. The van der Waals surface area contributed by atoms with Gasteiger partial charge in [-0.2, -0.15) is 0 Å². The number of benzene rings is 1. The van der Waals surface area contributed by atoms with Crippen molar-refractivity contribution >= 4 is 34.5 Å². The molecule has 2 aromatic rings. The number of hydrogen-bond acceptors (Lipinski definition) is 2. The molecule has 0 aliphatic carbocycles. The van der Waals surface area contributed by atoms with Crippen molar-refractivity contribution in [1.82, 2.24) is 5.32 Å². The first-order chi connectivity index (χ1) is 8.69. The van der Waals surface area contributed by atoms with Gasteiger partial charge in [0.15, 0.2) is 0 Å². The first-order valence-electron chi connectivity index (χ1n) is 5.92. The molecule has 0 saturated heterocycles. The van der Waals surface area contributed by atoms with Crippen LogP contribution >= 0.6 is 34.5 Å². The minimum atomic E-state index is 0.307. The molecule has 0 bridgehead atoms. The molecular weight excluding hydrogens is 285 g/mol. The Hall–Kier alpha value is -0.540. The Morgan fingerprint density at radius 1 is 1.11 bits per heavy atom. The van der Waals surface area contributed by atoms with Crippen LogP contribution in [0.15, 0.2) is 36.4 Å². The summed E-state index contributed by atoms with van der Waals surface area (Å²) < 4.78 is 0.844. The van der Waals surface area contributed by atoms with Gasteiger partial charge in [-0.3, -0.25) is 0 Å². The Morgan fingerprint density at radius 3 is 2.39 bits per heavy atom. The maximum atomic E-state index is 5.97. The van der Waals surface area contributed by atoms with Gasteiger partial charge >= 0.3 is 0 Å². The Bertz CT molecular complexity index is 493. The highest BCUT2D eigenvalue weighted by Gasteiger charge is 2.12. The van der Waals surface area contributed by atoms with E-state index in [9.17, 15) is 0 Å². The molecule has 1 nitrogen and oxygen atoms in total. The molecule has 0 amide bonds. The van der Waals surface area contributed by atoms with Crippen molar-refractivity contribution in [3.05, 3.63) is 56.2 Å². The molecule has 0 saturated carbocycles. The Labute approximate surface area is 122 Å². The zero-order valence-corrected chi connectivity index (χ0v) is 12.4. The SMILES string of the molecule is CCNC(Cc1ccc(Cl)s1)c1ccc(Cl)cc1. The van der Waals surface area contributed by atoms with Crippen LogP contribution in [-0.4, -0.2) is 6.54 Å². The smallest absolute Gasteiger partial charge is 0.0931 e. The number of hydrogen-bond donors (Lipinski definition) is 1. The quantitative estimate of drug-likeness (QED) is 0.824. The molecule has 96 valence electrons. The highest BCUT2D eigenvalue weighted by molar-refractivity contribution is 7.16. The van der Waals surface area contributed by atoms with Gasteiger partial charge in [-0.05, 0) is 36.4 Å². The highest BCUT2D eigenvalue weighted by atomic mass is 35.5. The predicted octanol–water partition coefficient (Wildman–Crippen LogP) is 4.95. The number of nitrogens with one attached hydrogen (secondary N) is 1. The van der Waals surface area contributed by atoms with Crippen LogP contribution in [0.3, 0.4) is 0 Å². The van der Waals surface area contributed by atoms with Crippen molar-refractivity contribution in [3.8, 4) is 0 Å². The van der Waals surface area contributed by atoms with E-state index in [1.165, 1.54) is 10.4 Å². The fraction of sp³-hybridized carbons (Fsp3) is 0.286. The van der Waals surface area contributed by atoms with E-state index in [-0.39, 0.29) is 0 Å². The summed E-state index contributed by atoms with van der Waals surface area (Å²) >= 11 is 13.5. The number of rotatable bonds is 5. The lowest BCUT2D eigenvalue weighted by molar-refractivity contribution is 0.553. The van der Waals surface area contributed by atoms with E-state index in [4.69, 9.17) is 23.2 Å². The second kappa shape index (κ2) is 6.58. The van der Waals surface area contributed by atoms with E-state index in [2.05, 4.69) is 30.4 Å². The highest BCUT2D eigenvalue weighted by Crippen LogP contribution is 2.27. The van der Waals surface area contributed by atoms with Crippen LogP contribution in [0.2, 0.25) is 9.36 Å². The van der Waals surface area contributed by atoms with Crippen LogP contribution in [0.25, 0.3) is 0 Å². The normalized spacial score (nSPS) is 12.6. The number of halogens is 2. The van der Waals surface area contributed by atoms with Gasteiger partial charge in [0.2, 0.25) is 0 Å². The summed E-state index contributed by atoms with van der Waals surface area (Å²) in [6, 6.07) is 12.4. The fourth-order valence-corrected chi connectivity index (χ4v) is 3.17. The molecule has 1 aromatic carbocycles. The van der Waals surface area contributed by atoms with Crippen LogP contribution in [0, 0.1) is 0 Å². The van der Waals surface area contributed by atoms with E-state index >= 15 is 0 Å². The maximum Gasteiger partial charge on any atom is 0.0931 e. The molecule has 1 aromatic heterocycles.